The Bertz CT molecular complexity index is 658. The molecule has 136 valence electrons. The summed E-state index contributed by atoms with van der Waals surface area (Å²) in [5.41, 5.74) is -0.0287. The average molecular weight is 350 g/mol. The fourth-order valence-electron chi connectivity index (χ4n) is 2.02. The fraction of sp³-hybridized carbons (Fsp3) is 0.444. The highest BCUT2D eigenvalue weighted by Crippen LogP contribution is 2.30. The minimum absolute atomic E-state index is 0.0814. The molecule has 0 amide bonds. The number of cyclic esters (lactones) is 1. The van der Waals surface area contributed by atoms with Crippen molar-refractivity contribution in [1.29, 1.82) is 0 Å². The van der Waals surface area contributed by atoms with E-state index in [0.29, 0.717) is 0 Å². The molecule has 1 aliphatic heterocycles. The number of carbonyl (C=O) groups excluding carboxylic acids is 2. The molecular formula is C18H22O7. The van der Waals surface area contributed by atoms with Gasteiger partial charge in [0, 0.05) is 0 Å². The number of rotatable bonds is 6. The van der Waals surface area contributed by atoms with Crippen LogP contribution in [0, 0.1) is 5.41 Å². The van der Waals surface area contributed by atoms with Gasteiger partial charge in [-0.05, 0) is 26.3 Å². The van der Waals surface area contributed by atoms with Gasteiger partial charge in [0.2, 0.25) is 0 Å². The van der Waals surface area contributed by atoms with Crippen molar-refractivity contribution >= 4 is 11.9 Å². The Kier molecular flexibility index (Phi) is 5.81. The fourth-order valence-corrected chi connectivity index (χ4v) is 2.02. The number of aliphatic hydroxyl groups is 2. The lowest BCUT2D eigenvalue weighted by Gasteiger charge is -2.19. The van der Waals surface area contributed by atoms with Crippen LogP contribution in [0.25, 0.3) is 0 Å². The van der Waals surface area contributed by atoms with E-state index >= 15 is 0 Å². The summed E-state index contributed by atoms with van der Waals surface area (Å²) in [7, 11) is 0. The molecule has 0 unspecified atom stereocenters. The SMILES string of the molecule is CC(C)(C)C(=O)OC1=C(OCc2ccccc2)[C@@H]([C@@H](O)CO)OC1=O. The van der Waals surface area contributed by atoms with Crippen LogP contribution < -0.4 is 0 Å². The standard InChI is InChI=1S/C18H22O7/c1-18(2,3)17(22)25-15-14(13(12(20)9-19)24-16(15)21)23-10-11-7-5-4-6-8-11/h4-8,12-13,19-20H,9-10H2,1-3H3/t12-,13+/m0/s1. The first-order valence-electron chi connectivity index (χ1n) is 7.87. The second-order valence-corrected chi connectivity index (χ2v) is 6.68. The molecule has 2 rings (SSSR count). The molecule has 7 nitrogen and oxygen atoms in total. The number of aliphatic hydroxyl groups excluding tert-OH is 2. The van der Waals surface area contributed by atoms with Gasteiger partial charge >= 0.3 is 11.9 Å². The second kappa shape index (κ2) is 7.67. The van der Waals surface area contributed by atoms with Gasteiger partial charge in [-0.15, -0.1) is 0 Å². The lowest BCUT2D eigenvalue weighted by molar-refractivity contribution is -0.157. The van der Waals surface area contributed by atoms with Crippen molar-refractivity contribution in [3.63, 3.8) is 0 Å². The van der Waals surface area contributed by atoms with Crippen molar-refractivity contribution in [1.82, 2.24) is 0 Å². The molecule has 0 spiro atoms. The molecule has 1 aromatic rings. The lowest BCUT2D eigenvalue weighted by Crippen LogP contribution is -2.32. The largest absolute Gasteiger partial charge is 0.485 e. The van der Waals surface area contributed by atoms with Gasteiger partial charge in [-0.25, -0.2) is 4.79 Å². The van der Waals surface area contributed by atoms with Crippen LogP contribution in [0.4, 0.5) is 0 Å². The van der Waals surface area contributed by atoms with E-state index in [1.165, 1.54) is 0 Å². The molecular weight excluding hydrogens is 328 g/mol. The predicted molar refractivity (Wildman–Crippen MR) is 86.8 cm³/mol. The van der Waals surface area contributed by atoms with E-state index in [2.05, 4.69) is 0 Å². The Hall–Kier alpha value is -2.38. The lowest BCUT2D eigenvalue weighted by atomic mass is 9.97. The molecule has 0 radical (unpaired) electrons. The summed E-state index contributed by atoms with van der Waals surface area (Å²) in [5, 5.41) is 19.0. The van der Waals surface area contributed by atoms with Crippen molar-refractivity contribution in [3.8, 4) is 0 Å². The van der Waals surface area contributed by atoms with Gasteiger partial charge in [0.1, 0.15) is 12.7 Å². The van der Waals surface area contributed by atoms with Crippen LogP contribution in [0.1, 0.15) is 26.3 Å². The molecule has 1 aromatic carbocycles. The second-order valence-electron chi connectivity index (χ2n) is 6.68. The number of ether oxygens (including phenoxy) is 3. The van der Waals surface area contributed by atoms with Gasteiger partial charge in [0.15, 0.2) is 11.9 Å². The summed E-state index contributed by atoms with van der Waals surface area (Å²) in [4.78, 5) is 24.2. The molecule has 2 N–H and O–H groups in total. The molecule has 0 saturated heterocycles. The molecule has 1 aliphatic rings. The van der Waals surface area contributed by atoms with Crippen LogP contribution in [0.2, 0.25) is 0 Å². The Morgan fingerprint density at radius 3 is 2.48 bits per heavy atom. The Morgan fingerprint density at radius 1 is 1.28 bits per heavy atom. The van der Waals surface area contributed by atoms with Gasteiger partial charge in [-0.2, -0.15) is 0 Å². The third-order valence-electron chi connectivity index (χ3n) is 3.48. The summed E-state index contributed by atoms with van der Waals surface area (Å²) in [6.07, 6.45) is -2.62. The normalized spacial score (nSPS) is 18.8. The highest BCUT2D eigenvalue weighted by molar-refractivity contribution is 5.93. The minimum atomic E-state index is -1.39. The maximum absolute atomic E-state index is 12.1. The summed E-state index contributed by atoms with van der Waals surface area (Å²) >= 11 is 0. The number of hydrogen-bond donors (Lipinski definition) is 2. The first kappa shape index (κ1) is 19.0. The molecule has 7 heteroatoms. The molecule has 0 bridgehead atoms. The quantitative estimate of drug-likeness (QED) is 0.745. The summed E-state index contributed by atoms with van der Waals surface area (Å²) < 4.78 is 15.8. The van der Waals surface area contributed by atoms with Crippen molar-refractivity contribution in [2.24, 2.45) is 5.41 Å². The monoisotopic (exact) mass is 350 g/mol. The van der Waals surface area contributed by atoms with E-state index in [9.17, 15) is 14.7 Å². The van der Waals surface area contributed by atoms with E-state index in [1.54, 1.807) is 20.8 Å². The van der Waals surface area contributed by atoms with Gasteiger partial charge in [-0.1, -0.05) is 30.3 Å². The van der Waals surface area contributed by atoms with Crippen LogP contribution >= 0.6 is 0 Å². The Balaban J connectivity index is 2.28. The van der Waals surface area contributed by atoms with Crippen LogP contribution in [0.5, 0.6) is 0 Å². The van der Waals surface area contributed by atoms with Gasteiger partial charge < -0.3 is 24.4 Å². The third kappa shape index (κ3) is 4.58. The van der Waals surface area contributed by atoms with E-state index in [-0.39, 0.29) is 12.4 Å². The average Bonchev–Trinajstić information content (AvgIpc) is 2.88. The van der Waals surface area contributed by atoms with E-state index in [4.69, 9.17) is 19.3 Å². The highest BCUT2D eigenvalue weighted by Gasteiger charge is 2.43. The van der Waals surface area contributed by atoms with Crippen molar-refractivity contribution in [2.75, 3.05) is 6.61 Å². The molecule has 0 aromatic heterocycles. The van der Waals surface area contributed by atoms with Crippen molar-refractivity contribution < 1.29 is 34.0 Å². The Labute approximate surface area is 145 Å². The van der Waals surface area contributed by atoms with Crippen LogP contribution in [0.3, 0.4) is 0 Å². The molecule has 25 heavy (non-hydrogen) atoms. The molecule has 0 saturated carbocycles. The molecule has 2 atom stereocenters. The van der Waals surface area contributed by atoms with Gasteiger partial charge in [-0.3, -0.25) is 4.79 Å². The topological polar surface area (TPSA) is 102 Å². The van der Waals surface area contributed by atoms with Crippen LogP contribution in [-0.2, 0) is 30.4 Å². The van der Waals surface area contributed by atoms with E-state index in [0.717, 1.165) is 5.56 Å². The molecule has 0 fully saturated rings. The predicted octanol–water partition coefficient (Wildman–Crippen LogP) is 1.28. The number of benzene rings is 1. The zero-order chi connectivity index (χ0) is 18.6. The van der Waals surface area contributed by atoms with Gasteiger partial charge in [0.25, 0.3) is 5.76 Å². The highest BCUT2D eigenvalue weighted by atomic mass is 16.6. The smallest absolute Gasteiger partial charge is 0.378 e. The minimum Gasteiger partial charge on any atom is -0.485 e. The molecule has 0 aliphatic carbocycles. The Morgan fingerprint density at radius 2 is 1.92 bits per heavy atom. The first-order chi connectivity index (χ1) is 11.7. The van der Waals surface area contributed by atoms with Crippen LogP contribution in [-0.4, -0.2) is 41.0 Å². The number of hydrogen-bond acceptors (Lipinski definition) is 7. The van der Waals surface area contributed by atoms with Crippen molar-refractivity contribution in [3.05, 3.63) is 47.4 Å². The van der Waals surface area contributed by atoms with E-state index < -0.39 is 41.9 Å². The summed E-state index contributed by atoms with van der Waals surface area (Å²) in [6.45, 7) is 4.36. The maximum atomic E-state index is 12.1. The van der Waals surface area contributed by atoms with E-state index in [1.807, 2.05) is 30.3 Å². The zero-order valence-electron chi connectivity index (χ0n) is 14.4. The third-order valence-corrected chi connectivity index (χ3v) is 3.48. The first-order valence-corrected chi connectivity index (χ1v) is 7.87. The summed E-state index contributed by atoms with van der Waals surface area (Å²) in [6, 6.07) is 9.13. The maximum Gasteiger partial charge on any atom is 0.378 e. The number of esters is 2. The van der Waals surface area contributed by atoms with Crippen molar-refractivity contribution in [2.45, 2.75) is 39.6 Å². The molecule has 1 heterocycles. The summed E-state index contributed by atoms with van der Waals surface area (Å²) in [5.74, 6) is -2.06. The van der Waals surface area contributed by atoms with Gasteiger partial charge in [0.05, 0.1) is 12.0 Å². The van der Waals surface area contributed by atoms with Crippen LogP contribution in [0.15, 0.2) is 41.9 Å². The number of carbonyl (C=O) groups is 2. The zero-order valence-corrected chi connectivity index (χ0v) is 14.4.